The molecule has 18 unspecified atom stereocenters. The van der Waals surface area contributed by atoms with Gasteiger partial charge in [-0.15, -0.1) is 0 Å². The van der Waals surface area contributed by atoms with Gasteiger partial charge in [-0.05, 0) is 139 Å². The van der Waals surface area contributed by atoms with E-state index < -0.39 is 53.9 Å². The fraction of sp³-hybridized carbons (Fsp3) is 0.933. The lowest BCUT2D eigenvalue weighted by Crippen LogP contribution is -2.70. The fourth-order valence-corrected chi connectivity index (χ4v) is 13.7. The molecule has 0 aromatic heterocycles. The summed E-state index contributed by atoms with van der Waals surface area (Å²) in [6.45, 7) is 5.77. The van der Waals surface area contributed by atoms with E-state index in [0.717, 1.165) is 77.2 Å². The highest BCUT2D eigenvalue weighted by Gasteiger charge is 2.69. The Bertz CT molecular complexity index is 1390. The molecule has 10 N–H and O–H groups in total. The maximum Gasteiger partial charge on any atom is 0.311 e. The number of hydrogen-bond donors (Lipinski definition) is 9. The Labute approximate surface area is 352 Å². The number of fused-ring (bicyclic) bond motifs is 1. The van der Waals surface area contributed by atoms with Crippen molar-refractivity contribution in [2.45, 2.75) is 190 Å². The number of aliphatic carboxylic acids is 1. The molecule has 7 rings (SSSR count). The monoisotopic (exact) mass is 835 g/mol. The summed E-state index contributed by atoms with van der Waals surface area (Å²) in [6.07, 6.45) is 13.5. The predicted octanol–water partition coefficient (Wildman–Crippen LogP) is 2.79. The summed E-state index contributed by atoms with van der Waals surface area (Å²) in [4.78, 5) is 13.4. The first kappa shape index (κ1) is 45.7. The van der Waals surface area contributed by atoms with E-state index in [2.05, 4.69) is 29.0 Å². The molecule has 4 aliphatic carbocycles. The lowest BCUT2D eigenvalue weighted by Gasteiger charge is -2.63. The highest BCUT2D eigenvalue weighted by Crippen LogP contribution is 2.68. The van der Waals surface area contributed by atoms with Gasteiger partial charge in [-0.2, -0.15) is 0 Å². The average Bonchev–Trinajstić information content (AvgIpc) is 3.84. The van der Waals surface area contributed by atoms with Crippen LogP contribution in [0.15, 0.2) is 12.2 Å². The van der Waals surface area contributed by atoms with Crippen molar-refractivity contribution in [3.63, 3.8) is 0 Å². The van der Waals surface area contributed by atoms with Gasteiger partial charge < -0.3 is 60.8 Å². The number of nitrogens with two attached hydrogens (primary N) is 1. The molecule has 18 atom stereocenters. The molecule has 0 aromatic rings. The first-order valence-electron chi connectivity index (χ1n) is 23.3. The van der Waals surface area contributed by atoms with E-state index in [1.54, 1.807) is 14.0 Å². The molecule has 0 radical (unpaired) electrons. The standard InChI is InChI=1S/C45H78N4O10/c1-26-22-44(13-4-5-14-44)45(33(9-10-34(45)43(54)55)29-12-15-48-41(46)19-29)40(49-26)24-57-39-18-30(17-38(56-3)42(39)53)36-21-31(51)20-32(59-36)8-6-28-7-11-35(52)37(16-28)58-25-47-23-27(2)50/h9-10,26-42,47-53H,4-8,11-25,46H2,1-3H3,(H,54,55). The first-order valence-corrected chi connectivity index (χ1v) is 23.3. The van der Waals surface area contributed by atoms with Crippen molar-refractivity contribution in [1.29, 1.82) is 0 Å². The number of aliphatic hydroxyl groups excluding tert-OH is 4. The van der Waals surface area contributed by atoms with Gasteiger partial charge in [0.25, 0.3) is 0 Å². The van der Waals surface area contributed by atoms with Gasteiger partial charge in [0, 0.05) is 31.2 Å². The van der Waals surface area contributed by atoms with Gasteiger partial charge in [0.2, 0.25) is 0 Å². The van der Waals surface area contributed by atoms with Crippen molar-refractivity contribution in [2.75, 3.05) is 33.5 Å². The summed E-state index contributed by atoms with van der Waals surface area (Å²) in [6, 6.07) is -0.0494. The van der Waals surface area contributed by atoms with E-state index in [4.69, 9.17) is 24.7 Å². The Balaban J connectivity index is 1.03. The Hall–Kier alpha value is -1.27. The zero-order chi connectivity index (χ0) is 41.9. The average molecular weight is 835 g/mol. The van der Waals surface area contributed by atoms with Gasteiger partial charge in [-0.25, -0.2) is 0 Å². The normalized spacial score (nSPS) is 45.6. The molecule has 3 saturated heterocycles. The predicted molar refractivity (Wildman–Crippen MR) is 222 cm³/mol. The van der Waals surface area contributed by atoms with Crippen LogP contribution in [0.5, 0.6) is 0 Å². The minimum Gasteiger partial charge on any atom is -0.481 e. The number of piperidine rings is 2. The molecule has 7 aliphatic rings. The summed E-state index contributed by atoms with van der Waals surface area (Å²) in [5.41, 5.74) is 5.76. The van der Waals surface area contributed by atoms with E-state index in [9.17, 15) is 30.3 Å². The lowest BCUT2D eigenvalue weighted by molar-refractivity contribution is -0.193. The molecular formula is C45H78N4O10. The van der Waals surface area contributed by atoms with Crippen molar-refractivity contribution in [3.8, 4) is 0 Å². The highest BCUT2D eigenvalue weighted by molar-refractivity contribution is 5.75. The lowest BCUT2D eigenvalue weighted by atomic mass is 9.45. The highest BCUT2D eigenvalue weighted by atomic mass is 16.5. The molecule has 0 aromatic carbocycles. The molecule has 338 valence electrons. The molecule has 0 amide bonds. The van der Waals surface area contributed by atoms with Gasteiger partial charge in [0.05, 0.1) is 74.3 Å². The Morgan fingerprint density at radius 3 is 2.47 bits per heavy atom. The van der Waals surface area contributed by atoms with E-state index in [-0.39, 0.29) is 73.1 Å². The first-order chi connectivity index (χ1) is 28.3. The zero-order valence-electron chi connectivity index (χ0n) is 36.0. The number of carboxylic acid groups (broad SMARTS) is 1. The molecule has 3 aliphatic heterocycles. The van der Waals surface area contributed by atoms with Crippen LogP contribution in [-0.2, 0) is 23.7 Å². The number of hydrogen-bond acceptors (Lipinski definition) is 13. The number of ether oxygens (including phenoxy) is 4. The van der Waals surface area contributed by atoms with E-state index in [0.29, 0.717) is 44.6 Å². The third-order valence-electron chi connectivity index (χ3n) is 16.2. The largest absolute Gasteiger partial charge is 0.481 e. The van der Waals surface area contributed by atoms with Crippen LogP contribution in [0.1, 0.15) is 117 Å². The van der Waals surface area contributed by atoms with Gasteiger partial charge >= 0.3 is 5.97 Å². The van der Waals surface area contributed by atoms with Crippen molar-refractivity contribution in [3.05, 3.63) is 12.2 Å². The van der Waals surface area contributed by atoms with Crippen molar-refractivity contribution >= 4 is 5.97 Å². The van der Waals surface area contributed by atoms with Crippen molar-refractivity contribution < 1.29 is 49.3 Å². The van der Waals surface area contributed by atoms with Crippen molar-refractivity contribution in [2.24, 2.45) is 46.2 Å². The molecule has 3 saturated carbocycles. The second kappa shape index (κ2) is 20.1. The van der Waals surface area contributed by atoms with Gasteiger partial charge in [0.1, 0.15) is 6.10 Å². The van der Waals surface area contributed by atoms with Crippen LogP contribution in [-0.4, -0.2) is 138 Å². The molecule has 6 fully saturated rings. The van der Waals surface area contributed by atoms with Gasteiger partial charge in [-0.3, -0.25) is 10.1 Å². The smallest absolute Gasteiger partial charge is 0.311 e. The van der Waals surface area contributed by atoms with Crippen molar-refractivity contribution in [1.82, 2.24) is 16.0 Å². The number of aliphatic hydroxyl groups is 4. The molecular weight excluding hydrogens is 757 g/mol. The maximum absolute atomic E-state index is 13.4. The Morgan fingerprint density at radius 2 is 1.75 bits per heavy atom. The van der Waals surface area contributed by atoms with Crippen LogP contribution >= 0.6 is 0 Å². The van der Waals surface area contributed by atoms with Crippen LogP contribution in [0.3, 0.4) is 0 Å². The molecule has 2 spiro atoms. The number of carboxylic acids is 1. The SMILES string of the molecule is COC1CC(C2CC(O)CC(CCC3CCC(O)C(OCNCC(C)O)C3)O2)CC(OCC2NC(C)CC3(CCCC3)C23C(C(=O)O)C=CC3C2CCNC(N)C2)C1O. The topological polar surface area (TPSA) is 217 Å². The summed E-state index contributed by atoms with van der Waals surface area (Å²) in [5, 5.41) is 64.5. The number of rotatable bonds is 15. The molecule has 59 heavy (non-hydrogen) atoms. The van der Waals surface area contributed by atoms with Crippen LogP contribution in [0, 0.1) is 40.4 Å². The van der Waals surface area contributed by atoms with Crippen LogP contribution in [0.2, 0.25) is 0 Å². The summed E-state index contributed by atoms with van der Waals surface area (Å²) >= 11 is 0. The number of allylic oxidation sites excluding steroid dienone is 1. The van der Waals surface area contributed by atoms with E-state index in [1.807, 2.05) is 6.08 Å². The molecule has 3 heterocycles. The number of methoxy groups -OCH3 is 1. The molecule has 14 nitrogen and oxygen atoms in total. The van der Waals surface area contributed by atoms with E-state index in [1.165, 1.54) is 0 Å². The summed E-state index contributed by atoms with van der Waals surface area (Å²) < 4.78 is 25.6. The van der Waals surface area contributed by atoms with Gasteiger partial charge in [0.15, 0.2) is 0 Å². The second-order valence-electron chi connectivity index (χ2n) is 20.1. The minimum absolute atomic E-state index is 0.000175. The van der Waals surface area contributed by atoms with Gasteiger partial charge in [-0.1, -0.05) is 25.0 Å². The number of nitrogens with one attached hydrogen (secondary N) is 3. The maximum atomic E-state index is 13.4. The third-order valence-corrected chi connectivity index (χ3v) is 16.2. The Morgan fingerprint density at radius 1 is 0.966 bits per heavy atom. The summed E-state index contributed by atoms with van der Waals surface area (Å²) in [7, 11) is 1.63. The van der Waals surface area contributed by atoms with E-state index >= 15 is 0 Å². The fourth-order valence-electron chi connectivity index (χ4n) is 13.7. The zero-order valence-corrected chi connectivity index (χ0v) is 36.0. The third kappa shape index (κ3) is 9.94. The van der Waals surface area contributed by atoms with Crippen LogP contribution in [0.4, 0.5) is 0 Å². The summed E-state index contributed by atoms with van der Waals surface area (Å²) in [5.74, 6) is -0.736. The molecule has 0 bridgehead atoms. The quantitative estimate of drug-likeness (QED) is 0.0659. The molecule has 14 heteroatoms. The minimum atomic E-state index is -0.854. The Kier molecular flexibility index (Phi) is 15.5. The van der Waals surface area contributed by atoms with Crippen LogP contribution in [0.25, 0.3) is 0 Å². The number of carbonyl (C=O) groups is 1. The van der Waals surface area contributed by atoms with Crippen LogP contribution < -0.4 is 21.7 Å². The second-order valence-corrected chi connectivity index (χ2v) is 20.1.